The number of aryl methyl sites for hydroxylation is 1. The standard InChI is InChI=1S/C14H18BrNO2/c1-9-7-11(15)5-6-12(9)13(18)16-14(2,8-17)10-3-4-10/h5-7,10,17H,3-4,8H2,1-2H3,(H,16,18). The summed E-state index contributed by atoms with van der Waals surface area (Å²) < 4.78 is 0.962. The van der Waals surface area contributed by atoms with Gasteiger partial charge in [0, 0.05) is 10.0 Å². The first-order valence-electron chi connectivity index (χ1n) is 6.16. The Balaban J connectivity index is 2.16. The topological polar surface area (TPSA) is 49.3 Å². The molecule has 98 valence electrons. The Morgan fingerprint density at radius 1 is 1.56 bits per heavy atom. The van der Waals surface area contributed by atoms with Gasteiger partial charge >= 0.3 is 0 Å². The van der Waals surface area contributed by atoms with Crippen LogP contribution in [0.15, 0.2) is 22.7 Å². The summed E-state index contributed by atoms with van der Waals surface area (Å²) in [6.07, 6.45) is 2.16. The van der Waals surface area contributed by atoms with Crippen molar-refractivity contribution in [2.75, 3.05) is 6.61 Å². The molecular weight excluding hydrogens is 294 g/mol. The molecule has 18 heavy (non-hydrogen) atoms. The number of amides is 1. The van der Waals surface area contributed by atoms with E-state index >= 15 is 0 Å². The largest absolute Gasteiger partial charge is 0.394 e. The molecule has 0 bridgehead atoms. The summed E-state index contributed by atoms with van der Waals surface area (Å²) in [5.41, 5.74) is 1.10. The Morgan fingerprint density at radius 2 is 2.22 bits per heavy atom. The molecule has 2 rings (SSSR count). The number of rotatable bonds is 4. The van der Waals surface area contributed by atoms with Crippen molar-refractivity contribution in [1.82, 2.24) is 5.32 Å². The number of hydrogen-bond acceptors (Lipinski definition) is 2. The zero-order valence-corrected chi connectivity index (χ0v) is 12.3. The van der Waals surface area contributed by atoms with E-state index in [0.717, 1.165) is 22.9 Å². The first kappa shape index (κ1) is 13.6. The van der Waals surface area contributed by atoms with Gasteiger partial charge in [0.15, 0.2) is 0 Å². The van der Waals surface area contributed by atoms with Crippen LogP contribution in [0, 0.1) is 12.8 Å². The fraction of sp³-hybridized carbons (Fsp3) is 0.500. The molecule has 1 aliphatic carbocycles. The van der Waals surface area contributed by atoms with Gasteiger partial charge < -0.3 is 10.4 Å². The molecule has 1 aliphatic rings. The number of hydrogen-bond donors (Lipinski definition) is 2. The molecule has 0 radical (unpaired) electrons. The fourth-order valence-electron chi connectivity index (χ4n) is 2.20. The Labute approximate surface area is 116 Å². The molecule has 1 aromatic rings. The lowest BCUT2D eigenvalue weighted by Crippen LogP contribution is -2.50. The lowest BCUT2D eigenvalue weighted by molar-refractivity contribution is 0.0824. The van der Waals surface area contributed by atoms with Crippen molar-refractivity contribution in [1.29, 1.82) is 0 Å². The number of carbonyl (C=O) groups excluding carboxylic acids is 1. The van der Waals surface area contributed by atoms with Crippen LogP contribution in [0.2, 0.25) is 0 Å². The van der Waals surface area contributed by atoms with Crippen molar-refractivity contribution in [2.45, 2.75) is 32.2 Å². The van der Waals surface area contributed by atoms with Crippen LogP contribution in [0.1, 0.15) is 35.7 Å². The molecule has 1 fully saturated rings. The average Bonchev–Trinajstić information content (AvgIpc) is 3.12. The summed E-state index contributed by atoms with van der Waals surface area (Å²) in [7, 11) is 0. The number of carbonyl (C=O) groups is 1. The van der Waals surface area contributed by atoms with Gasteiger partial charge in [-0.2, -0.15) is 0 Å². The van der Waals surface area contributed by atoms with Crippen molar-refractivity contribution in [2.24, 2.45) is 5.92 Å². The average molecular weight is 312 g/mol. The molecule has 0 spiro atoms. The van der Waals surface area contributed by atoms with Crippen molar-refractivity contribution >= 4 is 21.8 Å². The van der Waals surface area contributed by atoms with Crippen LogP contribution in [-0.4, -0.2) is 23.2 Å². The van der Waals surface area contributed by atoms with Gasteiger partial charge in [0.2, 0.25) is 0 Å². The second-order valence-corrected chi connectivity index (χ2v) is 6.18. The third kappa shape index (κ3) is 2.75. The molecule has 1 amide bonds. The summed E-state index contributed by atoms with van der Waals surface area (Å²) in [6.45, 7) is 3.81. The van der Waals surface area contributed by atoms with Crippen LogP contribution in [0.3, 0.4) is 0 Å². The number of nitrogens with one attached hydrogen (secondary N) is 1. The monoisotopic (exact) mass is 311 g/mol. The Hall–Kier alpha value is -0.870. The second-order valence-electron chi connectivity index (χ2n) is 5.26. The Kier molecular flexibility index (Phi) is 3.78. The third-order valence-corrected chi connectivity index (χ3v) is 4.13. The molecular formula is C14H18BrNO2. The molecule has 1 atom stereocenters. The Morgan fingerprint density at radius 3 is 2.72 bits per heavy atom. The van der Waals surface area contributed by atoms with Gasteiger partial charge in [0.25, 0.3) is 5.91 Å². The van der Waals surface area contributed by atoms with E-state index in [1.807, 2.05) is 26.0 Å². The SMILES string of the molecule is Cc1cc(Br)ccc1C(=O)NC(C)(CO)C1CC1. The van der Waals surface area contributed by atoms with Gasteiger partial charge in [-0.3, -0.25) is 4.79 Å². The third-order valence-electron chi connectivity index (χ3n) is 3.64. The normalized spacial score (nSPS) is 18.2. The molecule has 3 nitrogen and oxygen atoms in total. The molecule has 1 saturated carbocycles. The van der Waals surface area contributed by atoms with E-state index in [4.69, 9.17) is 0 Å². The van der Waals surface area contributed by atoms with Crippen LogP contribution in [0.25, 0.3) is 0 Å². The minimum absolute atomic E-state index is 0.0149. The summed E-state index contributed by atoms with van der Waals surface area (Å²) >= 11 is 3.38. The highest BCUT2D eigenvalue weighted by Gasteiger charge is 2.42. The number of aliphatic hydroxyl groups is 1. The minimum Gasteiger partial charge on any atom is -0.394 e. The predicted molar refractivity (Wildman–Crippen MR) is 74.6 cm³/mol. The molecule has 1 unspecified atom stereocenters. The van der Waals surface area contributed by atoms with Crippen molar-refractivity contribution in [3.8, 4) is 0 Å². The van der Waals surface area contributed by atoms with Gasteiger partial charge in [-0.05, 0) is 56.4 Å². The first-order valence-corrected chi connectivity index (χ1v) is 6.95. The molecule has 1 aromatic carbocycles. The zero-order chi connectivity index (χ0) is 13.3. The van der Waals surface area contributed by atoms with Crippen LogP contribution < -0.4 is 5.32 Å². The van der Waals surface area contributed by atoms with Crippen molar-refractivity contribution in [3.05, 3.63) is 33.8 Å². The van der Waals surface area contributed by atoms with E-state index in [1.165, 1.54) is 0 Å². The zero-order valence-electron chi connectivity index (χ0n) is 10.7. The second kappa shape index (κ2) is 5.02. The molecule has 4 heteroatoms. The van der Waals surface area contributed by atoms with Gasteiger partial charge in [0.05, 0.1) is 12.1 Å². The quantitative estimate of drug-likeness (QED) is 0.898. The van der Waals surface area contributed by atoms with E-state index in [9.17, 15) is 9.90 Å². The number of benzene rings is 1. The summed E-state index contributed by atoms with van der Waals surface area (Å²) in [5, 5.41) is 12.5. The van der Waals surface area contributed by atoms with Crippen LogP contribution in [0.5, 0.6) is 0 Å². The molecule has 0 saturated heterocycles. The predicted octanol–water partition coefficient (Wildman–Crippen LogP) is 2.65. The molecule has 0 heterocycles. The summed E-state index contributed by atoms with van der Waals surface area (Å²) in [5.74, 6) is 0.297. The van der Waals surface area contributed by atoms with E-state index < -0.39 is 5.54 Å². The molecule has 2 N–H and O–H groups in total. The minimum atomic E-state index is -0.489. The van der Waals surface area contributed by atoms with Crippen LogP contribution in [-0.2, 0) is 0 Å². The lowest BCUT2D eigenvalue weighted by atomic mass is 9.96. The maximum absolute atomic E-state index is 12.2. The van der Waals surface area contributed by atoms with E-state index in [0.29, 0.717) is 11.5 Å². The number of aliphatic hydroxyl groups excluding tert-OH is 1. The van der Waals surface area contributed by atoms with E-state index in [2.05, 4.69) is 21.2 Å². The first-order chi connectivity index (χ1) is 8.46. The van der Waals surface area contributed by atoms with Gasteiger partial charge in [-0.1, -0.05) is 15.9 Å². The van der Waals surface area contributed by atoms with Crippen molar-refractivity contribution < 1.29 is 9.90 Å². The van der Waals surface area contributed by atoms with Crippen LogP contribution in [0.4, 0.5) is 0 Å². The maximum Gasteiger partial charge on any atom is 0.252 e. The number of halogens is 1. The molecule has 0 aromatic heterocycles. The highest BCUT2D eigenvalue weighted by atomic mass is 79.9. The smallest absolute Gasteiger partial charge is 0.252 e. The maximum atomic E-state index is 12.2. The highest BCUT2D eigenvalue weighted by Crippen LogP contribution is 2.39. The van der Waals surface area contributed by atoms with Gasteiger partial charge in [0.1, 0.15) is 0 Å². The fourth-order valence-corrected chi connectivity index (χ4v) is 2.68. The van der Waals surface area contributed by atoms with Gasteiger partial charge in [-0.25, -0.2) is 0 Å². The van der Waals surface area contributed by atoms with Crippen LogP contribution >= 0.6 is 15.9 Å². The Bertz CT molecular complexity index is 471. The molecule has 0 aliphatic heterocycles. The summed E-state index contributed by atoms with van der Waals surface area (Å²) in [4.78, 5) is 12.2. The van der Waals surface area contributed by atoms with E-state index in [-0.39, 0.29) is 12.5 Å². The highest BCUT2D eigenvalue weighted by molar-refractivity contribution is 9.10. The lowest BCUT2D eigenvalue weighted by Gasteiger charge is -2.29. The van der Waals surface area contributed by atoms with Crippen molar-refractivity contribution in [3.63, 3.8) is 0 Å². The van der Waals surface area contributed by atoms with Gasteiger partial charge in [-0.15, -0.1) is 0 Å². The van der Waals surface area contributed by atoms with E-state index in [1.54, 1.807) is 6.07 Å². The summed E-state index contributed by atoms with van der Waals surface area (Å²) in [6, 6.07) is 5.58.